The molecule has 0 aromatic carbocycles. The van der Waals surface area contributed by atoms with Crippen LogP contribution in [-0.2, 0) is 4.74 Å². The highest BCUT2D eigenvalue weighted by atomic mass is 32.2. The first-order chi connectivity index (χ1) is 8.21. The van der Waals surface area contributed by atoms with Crippen molar-refractivity contribution in [3.63, 3.8) is 0 Å². The van der Waals surface area contributed by atoms with Gasteiger partial charge in [0.05, 0.1) is 0 Å². The number of hydrogen-bond acceptors (Lipinski definition) is 6. The number of rotatable bonds is 0. The monoisotopic (exact) mass is 286 g/mol. The van der Waals surface area contributed by atoms with Crippen LogP contribution in [0.5, 0.6) is 0 Å². The van der Waals surface area contributed by atoms with Gasteiger partial charge >= 0.3 is 6.18 Å². The molecule has 104 valence electrons. The number of aliphatic hydroxyl groups is 2. The highest BCUT2D eigenvalue weighted by Gasteiger charge is 2.57. The van der Waals surface area contributed by atoms with E-state index < -0.39 is 36.0 Å². The summed E-state index contributed by atoms with van der Waals surface area (Å²) in [5.41, 5.74) is -0.924. The van der Waals surface area contributed by atoms with Crippen LogP contribution in [-0.4, -0.2) is 70.3 Å². The van der Waals surface area contributed by atoms with Gasteiger partial charge in [-0.1, -0.05) is 11.8 Å². The van der Waals surface area contributed by atoms with E-state index in [9.17, 15) is 23.4 Å². The predicted molar refractivity (Wildman–Crippen MR) is 59.2 cm³/mol. The van der Waals surface area contributed by atoms with Crippen molar-refractivity contribution in [1.29, 1.82) is 0 Å². The molecule has 0 amide bonds. The van der Waals surface area contributed by atoms with Crippen molar-refractivity contribution in [2.75, 3.05) is 14.1 Å². The number of fused-ring (bicyclic) bond motifs is 1. The van der Waals surface area contributed by atoms with Crippen LogP contribution >= 0.6 is 11.8 Å². The Morgan fingerprint density at radius 2 is 1.89 bits per heavy atom. The molecule has 1 fully saturated rings. The topological polar surface area (TPSA) is 65.3 Å². The van der Waals surface area contributed by atoms with Gasteiger partial charge in [0.2, 0.25) is 0 Å². The van der Waals surface area contributed by atoms with Crippen molar-refractivity contribution in [3.05, 3.63) is 0 Å². The van der Waals surface area contributed by atoms with Crippen molar-refractivity contribution >= 4 is 16.9 Å². The first-order valence-electron chi connectivity index (χ1n) is 5.22. The van der Waals surface area contributed by atoms with E-state index in [2.05, 4.69) is 4.99 Å². The van der Waals surface area contributed by atoms with Gasteiger partial charge in [0.25, 0.3) is 0 Å². The first-order valence-corrected chi connectivity index (χ1v) is 6.10. The summed E-state index contributed by atoms with van der Waals surface area (Å²) in [6, 6.07) is -0.874. The molecule has 0 radical (unpaired) electrons. The Hall–Kier alpha value is -0.510. The summed E-state index contributed by atoms with van der Waals surface area (Å²) < 4.78 is 42.7. The highest BCUT2D eigenvalue weighted by Crippen LogP contribution is 2.41. The van der Waals surface area contributed by atoms with Crippen LogP contribution in [0.4, 0.5) is 13.2 Å². The van der Waals surface area contributed by atoms with Crippen LogP contribution in [0, 0.1) is 0 Å². The van der Waals surface area contributed by atoms with Crippen LogP contribution in [0.3, 0.4) is 0 Å². The minimum Gasteiger partial charge on any atom is -0.388 e. The molecule has 0 bridgehead atoms. The zero-order valence-electron chi connectivity index (χ0n) is 9.63. The molecular weight excluding hydrogens is 273 g/mol. The summed E-state index contributed by atoms with van der Waals surface area (Å²) in [5, 5.41) is 19.6. The van der Waals surface area contributed by atoms with E-state index in [1.807, 2.05) is 0 Å². The van der Waals surface area contributed by atoms with Crippen molar-refractivity contribution in [2.45, 2.75) is 36.0 Å². The lowest BCUT2D eigenvalue weighted by molar-refractivity contribution is -0.281. The lowest BCUT2D eigenvalue weighted by atomic mass is 9.98. The van der Waals surface area contributed by atoms with Crippen LogP contribution in [0.25, 0.3) is 0 Å². The third kappa shape index (κ3) is 2.31. The van der Waals surface area contributed by atoms with Crippen LogP contribution in [0.2, 0.25) is 0 Å². The van der Waals surface area contributed by atoms with Gasteiger partial charge in [0.1, 0.15) is 23.7 Å². The van der Waals surface area contributed by atoms with E-state index in [0.29, 0.717) is 5.17 Å². The minimum absolute atomic E-state index is 0.471. The Bertz CT molecular complexity index is 363. The molecule has 2 rings (SSSR count). The fraction of sp³-hybridized carbons (Fsp3) is 0.889. The summed E-state index contributed by atoms with van der Waals surface area (Å²) in [4.78, 5) is 5.68. The number of hydrogen-bond donors (Lipinski definition) is 2. The van der Waals surface area contributed by atoms with Gasteiger partial charge < -0.3 is 19.8 Å². The van der Waals surface area contributed by atoms with Gasteiger partial charge in [-0.25, -0.2) is 0 Å². The predicted octanol–water partition coefficient (Wildman–Crippen LogP) is 0.0284. The molecule has 0 unspecified atom stereocenters. The maximum absolute atomic E-state index is 12.6. The minimum atomic E-state index is -4.72. The molecule has 2 aliphatic rings. The molecular formula is C9H13F3N2O3S. The number of halogens is 3. The highest BCUT2D eigenvalue weighted by molar-refractivity contribution is 8.14. The lowest BCUT2D eigenvalue weighted by Crippen LogP contribution is -2.59. The summed E-state index contributed by atoms with van der Waals surface area (Å²) in [6.07, 6.45) is -10.7. The van der Waals surface area contributed by atoms with Crippen molar-refractivity contribution in [1.82, 2.24) is 4.90 Å². The number of nitrogens with zero attached hydrogens (tertiary/aromatic N) is 2. The zero-order chi connectivity index (χ0) is 13.7. The van der Waals surface area contributed by atoms with Gasteiger partial charge in [-0.2, -0.15) is 13.2 Å². The van der Waals surface area contributed by atoms with E-state index in [4.69, 9.17) is 4.74 Å². The van der Waals surface area contributed by atoms with Crippen LogP contribution in [0.1, 0.15) is 0 Å². The quantitative estimate of drug-likeness (QED) is 0.658. The molecule has 0 aromatic heterocycles. The second-order valence-corrected chi connectivity index (χ2v) is 5.43. The molecule has 2 N–H and O–H groups in total. The van der Waals surface area contributed by atoms with Crippen molar-refractivity contribution < 1.29 is 28.1 Å². The lowest BCUT2D eigenvalue weighted by Gasteiger charge is -2.38. The molecule has 5 nitrogen and oxygen atoms in total. The van der Waals surface area contributed by atoms with E-state index in [-0.39, 0.29) is 0 Å². The van der Waals surface area contributed by atoms with E-state index >= 15 is 0 Å². The largest absolute Gasteiger partial charge is 0.417 e. The molecule has 1 saturated heterocycles. The molecule has 18 heavy (non-hydrogen) atoms. The van der Waals surface area contributed by atoms with E-state index in [1.165, 1.54) is 0 Å². The number of aliphatic imine (C=N–C) groups is 1. The number of thioether (sulfide) groups is 1. The Balaban J connectivity index is 2.19. The number of amidine groups is 1. The second-order valence-electron chi connectivity index (χ2n) is 4.36. The Kier molecular flexibility index (Phi) is 3.52. The molecule has 0 aliphatic carbocycles. The molecule has 0 aromatic rings. The summed E-state index contributed by atoms with van der Waals surface area (Å²) in [7, 11) is 3.38. The van der Waals surface area contributed by atoms with Gasteiger partial charge in [-0.15, -0.1) is 0 Å². The average molecular weight is 286 g/mol. The number of ether oxygens (including phenoxy) is 1. The maximum Gasteiger partial charge on any atom is 0.417 e. The zero-order valence-corrected chi connectivity index (χ0v) is 10.4. The molecule has 2 aliphatic heterocycles. The SMILES string of the molecule is CN(C)C1=N[C@@H]2[C@@H](O)[C@H](O)[C@@H](C(F)(F)F)O[C@@H]2S1. The van der Waals surface area contributed by atoms with Crippen molar-refractivity contribution in [2.24, 2.45) is 4.99 Å². The fourth-order valence-electron chi connectivity index (χ4n) is 1.84. The van der Waals surface area contributed by atoms with Gasteiger partial charge in [-0.3, -0.25) is 4.99 Å². The van der Waals surface area contributed by atoms with E-state index in [1.54, 1.807) is 19.0 Å². The average Bonchev–Trinajstić information content (AvgIpc) is 2.65. The number of aliphatic hydroxyl groups excluding tert-OH is 2. The standard InChI is InChI=1S/C9H13F3N2O3S/c1-14(2)8-13-3-4(15)5(16)6(9(10,11)12)17-7(3)18-8/h3-7,15-16H,1-2H3/t3-,4-,5+,6+,7-/m1/s1. The van der Waals surface area contributed by atoms with Gasteiger partial charge in [0, 0.05) is 14.1 Å². The van der Waals surface area contributed by atoms with Gasteiger partial charge in [-0.05, 0) is 0 Å². The van der Waals surface area contributed by atoms with Gasteiger partial charge in [0.15, 0.2) is 11.3 Å². The third-order valence-electron chi connectivity index (χ3n) is 2.76. The molecule has 9 heteroatoms. The summed E-state index contributed by atoms with van der Waals surface area (Å²) >= 11 is 1.01. The molecule has 0 spiro atoms. The molecule has 5 atom stereocenters. The normalized spacial score (nSPS) is 40.4. The Morgan fingerprint density at radius 3 is 2.39 bits per heavy atom. The van der Waals surface area contributed by atoms with Crippen LogP contribution < -0.4 is 0 Å². The summed E-state index contributed by atoms with van der Waals surface area (Å²) in [6.45, 7) is 0. The smallest absolute Gasteiger partial charge is 0.388 e. The maximum atomic E-state index is 12.6. The number of alkyl halides is 3. The third-order valence-corrected chi connectivity index (χ3v) is 4.06. The molecule has 0 saturated carbocycles. The van der Waals surface area contributed by atoms with Crippen molar-refractivity contribution in [3.8, 4) is 0 Å². The summed E-state index contributed by atoms with van der Waals surface area (Å²) in [5.74, 6) is 0. The first kappa shape index (κ1) is 13.9. The second kappa shape index (κ2) is 4.55. The van der Waals surface area contributed by atoms with Crippen LogP contribution in [0.15, 0.2) is 4.99 Å². The van der Waals surface area contributed by atoms with E-state index in [0.717, 1.165) is 11.8 Å². The fourth-order valence-corrected chi connectivity index (χ4v) is 2.97. The molecule has 2 heterocycles. The Morgan fingerprint density at radius 1 is 1.28 bits per heavy atom. The Labute approximate surface area is 106 Å².